The van der Waals surface area contributed by atoms with Crippen LogP contribution < -0.4 is 0 Å². The highest BCUT2D eigenvalue weighted by molar-refractivity contribution is 9.10. The summed E-state index contributed by atoms with van der Waals surface area (Å²) >= 11 is 8.99. The molecule has 1 atom stereocenters. The van der Waals surface area contributed by atoms with Crippen molar-refractivity contribution in [2.75, 3.05) is 6.61 Å². The van der Waals surface area contributed by atoms with E-state index in [1.807, 2.05) is 0 Å². The predicted octanol–water partition coefficient (Wildman–Crippen LogP) is 2.83. The van der Waals surface area contributed by atoms with Crippen LogP contribution in [0.25, 0.3) is 0 Å². The molecule has 1 N–H and O–H groups in total. The Morgan fingerprint density at radius 3 is 2.59 bits per heavy atom. The molecule has 0 spiro atoms. The Balaban J connectivity index is 3.14. The van der Waals surface area contributed by atoms with Crippen molar-refractivity contribution in [2.24, 2.45) is 0 Å². The number of hydrogen-bond acceptors (Lipinski definition) is 3. The summed E-state index contributed by atoms with van der Waals surface area (Å²) < 4.78 is 5.33. The SMILES string of the molecule is CCOC(=O)C(C(=O)O)c1cc(Cl)cc(Br)c1. The summed E-state index contributed by atoms with van der Waals surface area (Å²) in [6.45, 7) is 1.75. The number of carboxylic acid groups (broad SMARTS) is 1. The fraction of sp³-hybridized carbons (Fsp3) is 0.273. The number of aliphatic carboxylic acids is 1. The lowest BCUT2D eigenvalue weighted by atomic mass is 9.99. The van der Waals surface area contributed by atoms with E-state index in [1.54, 1.807) is 13.0 Å². The summed E-state index contributed by atoms with van der Waals surface area (Å²) in [5.41, 5.74) is 0.287. The standard InChI is InChI=1S/C11H10BrClO4/c1-2-17-11(16)9(10(14)15)6-3-7(12)5-8(13)4-6/h3-5,9H,2H2,1H3,(H,14,15). The molecule has 0 amide bonds. The maximum atomic E-state index is 11.5. The lowest BCUT2D eigenvalue weighted by Crippen LogP contribution is -2.23. The summed E-state index contributed by atoms with van der Waals surface area (Å²) in [5, 5.41) is 9.40. The molecule has 0 heterocycles. The van der Waals surface area contributed by atoms with Crippen LogP contribution in [0.2, 0.25) is 5.02 Å². The normalized spacial score (nSPS) is 11.9. The first-order valence-electron chi connectivity index (χ1n) is 4.81. The van der Waals surface area contributed by atoms with Gasteiger partial charge in [-0.3, -0.25) is 9.59 Å². The van der Waals surface area contributed by atoms with Crippen LogP contribution in [-0.4, -0.2) is 23.7 Å². The molecule has 1 unspecified atom stereocenters. The van der Waals surface area contributed by atoms with Crippen LogP contribution in [0.4, 0.5) is 0 Å². The Kier molecular flexibility index (Phi) is 4.96. The van der Waals surface area contributed by atoms with E-state index in [9.17, 15) is 9.59 Å². The van der Waals surface area contributed by atoms with Crippen LogP contribution in [-0.2, 0) is 14.3 Å². The van der Waals surface area contributed by atoms with E-state index in [4.69, 9.17) is 21.4 Å². The van der Waals surface area contributed by atoms with E-state index in [1.165, 1.54) is 12.1 Å². The van der Waals surface area contributed by atoms with Gasteiger partial charge in [0.15, 0.2) is 5.92 Å². The predicted molar refractivity (Wildman–Crippen MR) is 66.2 cm³/mol. The molecule has 0 fully saturated rings. The van der Waals surface area contributed by atoms with Crippen LogP contribution in [0, 0.1) is 0 Å². The van der Waals surface area contributed by atoms with Crippen molar-refractivity contribution in [1.82, 2.24) is 0 Å². The van der Waals surface area contributed by atoms with Crippen molar-refractivity contribution in [3.05, 3.63) is 33.3 Å². The van der Waals surface area contributed by atoms with Gasteiger partial charge in [0.25, 0.3) is 0 Å². The Hall–Kier alpha value is -1.07. The molecule has 0 aliphatic carbocycles. The quantitative estimate of drug-likeness (QED) is 0.684. The molecule has 0 aromatic heterocycles. The van der Waals surface area contributed by atoms with Crippen LogP contribution in [0.1, 0.15) is 18.4 Å². The number of carbonyl (C=O) groups excluding carboxylic acids is 1. The summed E-state index contributed by atoms with van der Waals surface area (Å²) in [4.78, 5) is 22.6. The smallest absolute Gasteiger partial charge is 0.324 e. The van der Waals surface area contributed by atoms with Gasteiger partial charge in [-0.05, 0) is 30.7 Å². The molecule has 0 aliphatic heterocycles. The second-order valence-corrected chi connectivity index (χ2v) is 4.58. The number of rotatable bonds is 4. The third kappa shape index (κ3) is 3.71. The van der Waals surface area contributed by atoms with Gasteiger partial charge in [0, 0.05) is 9.50 Å². The maximum absolute atomic E-state index is 11.5. The third-order valence-corrected chi connectivity index (χ3v) is 2.66. The Morgan fingerprint density at radius 1 is 1.47 bits per heavy atom. The highest BCUT2D eigenvalue weighted by Gasteiger charge is 2.30. The van der Waals surface area contributed by atoms with Crippen LogP contribution in [0.15, 0.2) is 22.7 Å². The van der Waals surface area contributed by atoms with Crippen molar-refractivity contribution >= 4 is 39.5 Å². The molecular formula is C11H10BrClO4. The summed E-state index contributed by atoms with van der Waals surface area (Å²) in [6.07, 6.45) is 0. The van der Waals surface area contributed by atoms with Gasteiger partial charge < -0.3 is 9.84 Å². The van der Waals surface area contributed by atoms with Crippen molar-refractivity contribution in [3.63, 3.8) is 0 Å². The second-order valence-electron chi connectivity index (χ2n) is 3.23. The van der Waals surface area contributed by atoms with Gasteiger partial charge in [-0.25, -0.2) is 0 Å². The van der Waals surface area contributed by atoms with Gasteiger partial charge in [-0.1, -0.05) is 27.5 Å². The fourth-order valence-electron chi connectivity index (χ4n) is 1.35. The molecule has 1 aromatic carbocycles. The van der Waals surface area contributed by atoms with E-state index in [0.717, 1.165) is 0 Å². The van der Waals surface area contributed by atoms with E-state index >= 15 is 0 Å². The van der Waals surface area contributed by atoms with E-state index in [0.29, 0.717) is 9.50 Å². The minimum absolute atomic E-state index is 0.129. The summed E-state index contributed by atoms with van der Waals surface area (Å²) in [7, 11) is 0. The zero-order valence-electron chi connectivity index (χ0n) is 8.94. The van der Waals surface area contributed by atoms with E-state index in [-0.39, 0.29) is 12.2 Å². The molecule has 4 nitrogen and oxygen atoms in total. The van der Waals surface area contributed by atoms with E-state index < -0.39 is 17.9 Å². The number of halogens is 2. The second kappa shape index (κ2) is 6.02. The molecule has 0 saturated heterocycles. The minimum atomic E-state index is -1.36. The van der Waals surface area contributed by atoms with Gasteiger partial charge in [0.05, 0.1) is 6.61 Å². The van der Waals surface area contributed by atoms with Gasteiger partial charge in [-0.15, -0.1) is 0 Å². The molecule has 1 aromatic rings. The van der Waals surface area contributed by atoms with Crippen molar-refractivity contribution in [2.45, 2.75) is 12.8 Å². The van der Waals surface area contributed by atoms with Gasteiger partial charge in [0.1, 0.15) is 0 Å². The topological polar surface area (TPSA) is 63.6 Å². The molecule has 0 aliphatic rings. The summed E-state index contributed by atoms with van der Waals surface area (Å²) in [5.74, 6) is -3.42. The lowest BCUT2D eigenvalue weighted by molar-refractivity contribution is -0.153. The number of hydrogen-bond donors (Lipinski definition) is 1. The van der Waals surface area contributed by atoms with Crippen molar-refractivity contribution < 1.29 is 19.4 Å². The number of ether oxygens (including phenoxy) is 1. The first-order chi connectivity index (χ1) is 7.95. The highest BCUT2D eigenvalue weighted by Crippen LogP contribution is 2.26. The number of esters is 1. The van der Waals surface area contributed by atoms with Crippen LogP contribution >= 0.6 is 27.5 Å². The molecule has 6 heteroatoms. The van der Waals surface area contributed by atoms with Crippen LogP contribution in [0.3, 0.4) is 0 Å². The molecule has 1 rings (SSSR count). The van der Waals surface area contributed by atoms with Gasteiger partial charge in [-0.2, -0.15) is 0 Å². The molecule has 0 radical (unpaired) electrons. The number of benzene rings is 1. The van der Waals surface area contributed by atoms with Crippen LogP contribution in [0.5, 0.6) is 0 Å². The average molecular weight is 322 g/mol. The van der Waals surface area contributed by atoms with Crippen molar-refractivity contribution in [1.29, 1.82) is 0 Å². The first kappa shape index (κ1) is 14.0. The molecule has 0 saturated carbocycles. The maximum Gasteiger partial charge on any atom is 0.324 e. The third-order valence-electron chi connectivity index (χ3n) is 1.99. The van der Waals surface area contributed by atoms with Crippen molar-refractivity contribution in [3.8, 4) is 0 Å². The number of carboxylic acids is 1. The highest BCUT2D eigenvalue weighted by atomic mass is 79.9. The number of carbonyl (C=O) groups is 2. The molecule has 0 bridgehead atoms. The van der Waals surface area contributed by atoms with Gasteiger partial charge in [0.2, 0.25) is 0 Å². The zero-order chi connectivity index (χ0) is 13.0. The first-order valence-corrected chi connectivity index (χ1v) is 5.98. The monoisotopic (exact) mass is 320 g/mol. The largest absolute Gasteiger partial charge is 0.480 e. The average Bonchev–Trinajstić information content (AvgIpc) is 2.15. The van der Waals surface area contributed by atoms with Gasteiger partial charge >= 0.3 is 11.9 Å². The molecule has 92 valence electrons. The zero-order valence-corrected chi connectivity index (χ0v) is 11.3. The lowest BCUT2D eigenvalue weighted by Gasteiger charge is -2.12. The Labute approximate surface area is 112 Å². The Morgan fingerprint density at radius 2 is 2.12 bits per heavy atom. The minimum Gasteiger partial charge on any atom is -0.480 e. The Bertz CT molecular complexity index is 427. The van der Waals surface area contributed by atoms with E-state index in [2.05, 4.69) is 15.9 Å². The molecular weight excluding hydrogens is 311 g/mol. The molecule has 17 heavy (non-hydrogen) atoms. The fourth-order valence-corrected chi connectivity index (χ4v) is 2.23. The summed E-state index contributed by atoms with van der Waals surface area (Å²) in [6, 6.07) is 4.57.